The Labute approximate surface area is 134 Å². The highest BCUT2D eigenvalue weighted by Crippen LogP contribution is 2.45. The molecule has 0 spiro atoms. The first-order chi connectivity index (χ1) is 10.3. The van der Waals surface area contributed by atoms with Crippen molar-refractivity contribution in [3.05, 3.63) is 52.0 Å². The van der Waals surface area contributed by atoms with Gasteiger partial charge in [0.15, 0.2) is 5.78 Å². The molecule has 0 bridgehead atoms. The molecule has 4 heteroatoms. The molecule has 0 radical (unpaired) electrons. The molecule has 110 valence electrons. The third-order valence-corrected chi connectivity index (χ3v) is 5.64. The average molecular weight is 320 g/mol. The predicted octanol–water partition coefficient (Wildman–Crippen LogP) is 4.81. The molecule has 1 fully saturated rings. The molecule has 1 heterocycles. The summed E-state index contributed by atoms with van der Waals surface area (Å²) in [5.74, 6) is -0.0835. The van der Waals surface area contributed by atoms with Gasteiger partial charge in [0.2, 0.25) is 0 Å². The highest BCUT2D eigenvalue weighted by molar-refractivity contribution is 7.10. The lowest BCUT2D eigenvalue weighted by molar-refractivity contribution is 0.101. The van der Waals surface area contributed by atoms with Crippen LogP contribution >= 0.6 is 22.9 Å². The van der Waals surface area contributed by atoms with Crippen molar-refractivity contribution in [3.63, 3.8) is 0 Å². The van der Waals surface area contributed by atoms with Crippen molar-refractivity contribution in [1.29, 1.82) is 0 Å². The molecule has 2 nitrogen and oxygen atoms in total. The Morgan fingerprint density at radius 3 is 2.57 bits per heavy atom. The number of alkyl halides is 1. The number of hydrogen-bond acceptors (Lipinski definition) is 3. The zero-order valence-corrected chi connectivity index (χ0v) is 13.4. The fraction of sp³-hybridized carbons (Fsp3) is 0.412. The lowest BCUT2D eigenvalue weighted by Crippen LogP contribution is -2.30. The fourth-order valence-electron chi connectivity index (χ4n) is 3.23. The van der Waals surface area contributed by atoms with Gasteiger partial charge in [-0.1, -0.05) is 49.6 Å². The summed E-state index contributed by atoms with van der Waals surface area (Å²) >= 11 is 7.25. The molecule has 0 atom stereocenters. The minimum Gasteiger partial charge on any atom is -0.291 e. The van der Waals surface area contributed by atoms with E-state index in [9.17, 15) is 4.79 Å². The van der Waals surface area contributed by atoms with E-state index in [0.29, 0.717) is 5.69 Å². The van der Waals surface area contributed by atoms with E-state index < -0.39 is 0 Å². The molecule has 3 rings (SSSR count). The number of rotatable bonds is 4. The molecule has 0 saturated heterocycles. The molecule has 2 aromatic rings. The van der Waals surface area contributed by atoms with Gasteiger partial charge in [-0.25, -0.2) is 4.98 Å². The molecule has 0 unspecified atom stereocenters. The lowest BCUT2D eigenvalue weighted by Gasteiger charge is -2.36. The van der Waals surface area contributed by atoms with E-state index in [1.807, 2.05) is 11.4 Å². The number of halogens is 1. The van der Waals surface area contributed by atoms with Gasteiger partial charge in [0.25, 0.3) is 0 Å². The maximum atomic E-state index is 11.8. The molecule has 1 saturated carbocycles. The van der Waals surface area contributed by atoms with Crippen LogP contribution in [0.2, 0.25) is 0 Å². The smallest absolute Gasteiger partial charge is 0.196 e. The third-order valence-electron chi connectivity index (χ3n) is 4.35. The van der Waals surface area contributed by atoms with Crippen LogP contribution in [-0.2, 0) is 5.41 Å². The van der Waals surface area contributed by atoms with Gasteiger partial charge in [-0.05, 0) is 18.4 Å². The van der Waals surface area contributed by atoms with Crippen LogP contribution in [0.25, 0.3) is 0 Å². The quantitative estimate of drug-likeness (QED) is 0.597. The van der Waals surface area contributed by atoms with E-state index in [1.165, 1.54) is 24.8 Å². The fourth-order valence-corrected chi connectivity index (χ4v) is 4.47. The first-order valence-corrected chi connectivity index (χ1v) is 8.78. The van der Waals surface area contributed by atoms with Crippen molar-refractivity contribution >= 4 is 28.7 Å². The predicted molar refractivity (Wildman–Crippen MR) is 87.5 cm³/mol. The number of hydrogen-bond donors (Lipinski definition) is 0. The molecule has 1 aliphatic rings. The van der Waals surface area contributed by atoms with Gasteiger partial charge in [-0.3, -0.25) is 4.79 Å². The van der Waals surface area contributed by atoms with Gasteiger partial charge in [-0.2, -0.15) is 0 Å². The first kappa shape index (κ1) is 14.7. The minimum atomic E-state index is -0.0850. The Kier molecular flexibility index (Phi) is 4.41. The Morgan fingerprint density at radius 1 is 1.19 bits per heavy atom. The van der Waals surface area contributed by atoms with Crippen LogP contribution in [0, 0.1) is 0 Å². The summed E-state index contributed by atoms with van der Waals surface area (Å²) in [5, 5.41) is 2.93. The molecular formula is C17H18ClNOS. The number of ketones is 1. The van der Waals surface area contributed by atoms with Crippen molar-refractivity contribution in [3.8, 4) is 0 Å². The molecule has 1 aliphatic carbocycles. The SMILES string of the molecule is O=C(CCl)c1csc(C2(c3ccccc3)CCCCC2)n1. The highest BCUT2D eigenvalue weighted by Gasteiger charge is 2.38. The maximum absolute atomic E-state index is 11.8. The molecule has 0 amide bonds. The van der Waals surface area contributed by atoms with Gasteiger partial charge < -0.3 is 0 Å². The Hall–Kier alpha value is -1.19. The first-order valence-electron chi connectivity index (χ1n) is 7.37. The summed E-state index contributed by atoms with van der Waals surface area (Å²) < 4.78 is 0. The topological polar surface area (TPSA) is 30.0 Å². The molecular weight excluding hydrogens is 302 g/mol. The summed E-state index contributed by atoms with van der Waals surface area (Å²) in [6.45, 7) is 0. The maximum Gasteiger partial charge on any atom is 0.196 e. The molecule has 1 aromatic carbocycles. The standard InChI is InChI=1S/C17H18ClNOS/c18-11-15(20)14-12-21-16(19-14)17(9-5-2-6-10-17)13-7-3-1-4-8-13/h1,3-4,7-8,12H,2,5-6,9-11H2. The lowest BCUT2D eigenvalue weighted by atomic mass is 9.70. The van der Waals surface area contributed by atoms with Crippen LogP contribution in [-0.4, -0.2) is 16.6 Å². The van der Waals surface area contributed by atoms with Crippen LogP contribution in [0.15, 0.2) is 35.7 Å². The number of Topliss-reactive ketones (excluding diaryl/α,β-unsaturated/α-hetero) is 1. The number of nitrogens with zero attached hydrogens (tertiary/aromatic N) is 1. The number of carbonyl (C=O) groups excluding carboxylic acids is 1. The summed E-state index contributed by atoms with van der Waals surface area (Å²) in [4.78, 5) is 16.4. The van der Waals surface area contributed by atoms with E-state index in [4.69, 9.17) is 11.6 Å². The van der Waals surface area contributed by atoms with Crippen molar-refractivity contribution < 1.29 is 4.79 Å². The minimum absolute atomic E-state index is 0.00150. The van der Waals surface area contributed by atoms with E-state index >= 15 is 0 Å². The second-order valence-electron chi connectivity index (χ2n) is 5.60. The summed E-state index contributed by atoms with van der Waals surface area (Å²) in [5.41, 5.74) is 1.82. The van der Waals surface area contributed by atoms with Crippen molar-refractivity contribution in [2.75, 3.05) is 5.88 Å². The van der Waals surface area contributed by atoms with E-state index in [-0.39, 0.29) is 17.1 Å². The van der Waals surface area contributed by atoms with Gasteiger partial charge >= 0.3 is 0 Å². The zero-order chi connectivity index (χ0) is 14.7. The number of carbonyl (C=O) groups is 1. The van der Waals surface area contributed by atoms with Gasteiger partial charge in [0.1, 0.15) is 10.7 Å². The number of aromatic nitrogens is 1. The summed E-state index contributed by atoms with van der Waals surface area (Å²) in [6.07, 6.45) is 5.94. The summed E-state index contributed by atoms with van der Waals surface area (Å²) in [7, 11) is 0. The monoisotopic (exact) mass is 319 g/mol. The van der Waals surface area contributed by atoms with Gasteiger partial charge in [-0.15, -0.1) is 22.9 Å². The zero-order valence-electron chi connectivity index (χ0n) is 11.8. The van der Waals surface area contributed by atoms with Crippen molar-refractivity contribution in [1.82, 2.24) is 4.98 Å². The van der Waals surface area contributed by atoms with Crippen LogP contribution in [0.3, 0.4) is 0 Å². The van der Waals surface area contributed by atoms with Crippen LogP contribution < -0.4 is 0 Å². The molecule has 0 aliphatic heterocycles. The van der Waals surface area contributed by atoms with Gasteiger partial charge in [0, 0.05) is 10.8 Å². The summed E-state index contributed by atoms with van der Waals surface area (Å²) in [6, 6.07) is 10.6. The molecule has 0 N–H and O–H groups in total. The average Bonchev–Trinajstić information content (AvgIpc) is 3.06. The highest BCUT2D eigenvalue weighted by atomic mass is 35.5. The second-order valence-corrected chi connectivity index (χ2v) is 6.73. The van der Waals surface area contributed by atoms with Gasteiger partial charge in [0.05, 0.1) is 5.88 Å². The van der Waals surface area contributed by atoms with Crippen molar-refractivity contribution in [2.24, 2.45) is 0 Å². The number of thiazole rings is 1. The molecule has 21 heavy (non-hydrogen) atoms. The third kappa shape index (κ3) is 2.77. The van der Waals surface area contributed by atoms with E-state index in [0.717, 1.165) is 17.8 Å². The van der Waals surface area contributed by atoms with Crippen molar-refractivity contribution in [2.45, 2.75) is 37.5 Å². The van der Waals surface area contributed by atoms with Crippen LogP contribution in [0.5, 0.6) is 0 Å². The largest absolute Gasteiger partial charge is 0.291 e. The van der Waals surface area contributed by atoms with Crippen LogP contribution in [0.1, 0.15) is 53.2 Å². The molecule has 1 aromatic heterocycles. The van der Waals surface area contributed by atoms with E-state index in [1.54, 1.807) is 11.3 Å². The van der Waals surface area contributed by atoms with E-state index in [2.05, 4.69) is 29.2 Å². The Morgan fingerprint density at radius 2 is 1.90 bits per heavy atom. The van der Waals surface area contributed by atoms with Crippen LogP contribution in [0.4, 0.5) is 0 Å². The second kappa shape index (κ2) is 6.29. The Balaban J connectivity index is 2.04. The number of benzene rings is 1. The Bertz CT molecular complexity index is 617. The normalized spacial score (nSPS) is 17.6.